The molecule has 1 aromatic rings. The number of benzene rings is 1. The molecule has 0 saturated carbocycles. The maximum Gasteiger partial charge on any atom is 0.335 e. The Morgan fingerprint density at radius 1 is 1.41 bits per heavy atom. The number of rotatable bonds is 3. The van der Waals surface area contributed by atoms with Gasteiger partial charge in [0.1, 0.15) is 23.0 Å². The molecule has 90 valence electrons. The molecule has 0 spiro atoms. The van der Waals surface area contributed by atoms with Crippen LogP contribution in [0.15, 0.2) is 29.2 Å². The van der Waals surface area contributed by atoms with Crippen molar-refractivity contribution in [2.75, 3.05) is 0 Å². The molecule has 1 aliphatic rings. The Morgan fingerprint density at radius 3 is 2.71 bits per heavy atom. The lowest BCUT2D eigenvalue weighted by Crippen LogP contribution is -2.05. The van der Waals surface area contributed by atoms with Crippen molar-refractivity contribution in [1.82, 2.24) is 0 Å². The van der Waals surface area contributed by atoms with E-state index in [1.807, 2.05) is 0 Å². The van der Waals surface area contributed by atoms with E-state index in [0.717, 1.165) is 0 Å². The first kappa shape index (κ1) is 12.5. The second-order valence-electron chi connectivity index (χ2n) is 3.43. The monoisotopic (exact) mass is 366 g/mol. The van der Waals surface area contributed by atoms with E-state index in [1.165, 1.54) is 41.2 Å². The topological polar surface area (TPSA) is 80.7 Å². The summed E-state index contributed by atoms with van der Waals surface area (Å²) in [5.74, 6) is -1.06. The predicted octanol–water partition coefficient (Wildman–Crippen LogP) is 1.77. The molecule has 0 bridgehead atoms. The Kier molecular flexibility index (Phi) is 3.23. The Labute approximate surface area is 112 Å². The standard InChI is InChI=1S/C10H7IO5S/c11-16-17(14,15)9-3-1-2-6-7(9)4-5-8(6)10(12)13/h1-3,5H,4H2,(H,12,13). The van der Waals surface area contributed by atoms with Crippen LogP contribution in [0.2, 0.25) is 0 Å². The third kappa shape index (κ3) is 2.09. The van der Waals surface area contributed by atoms with Crippen LogP contribution in [0.5, 0.6) is 0 Å². The van der Waals surface area contributed by atoms with Crippen molar-refractivity contribution in [3.8, 4) is 0 Å². The number of hydrogen-bond donors (Lipinski definition) is 1. The lowest BCUT2D eigenvalue weighted by Gasteiger charge is -2.07. The number of hydrogen-bond acceptors (Lipinski definition) is 4. The Morgan fingerprint density at radius 2 is 2.12 bits per heavy atom. The van der Waals surface area contributed by atoms with Crippen molar-refractivity contribution in [2.24, 2.45) is 0 Å². The molecule has 0 saturated heterocycles. The average Bonchev–Trinajstić information content (AvgIpc) is 2.72. The number of allylic oxidation sites excluding steroid dienone is 1. The van der Waals surface area contributed by atoms with Crippen molar-refractivity contribution in [3.63, 3.8) is 0 Å². The highest BCUT2D eigenvalue weighted by Gasteiger charge is 2.27. The SMILES string of the molecule is O=C(O)C1=CCc2c1cccc2S(=O)(=O)OI. The third-order valence-corrected chi connectivity index (χ3v) is 5.02. The maximum atomic E-state index is 11.6. The summed E-state index contributed by atoms with van der Waals surface area (Å²) >= 11 is 1.30. The van der Waals surface area contributed by atoms with Gasteiger partial charge in [0, 0.05) is 0 Å². The summed E-state index contributed by atoms with van der Waals surface area (Å²) in [5.41, 5.74) is 1.04. The van der Waals surface area contributed by atoms with E-state index in [-0.39, 0.29) is 16.9 Å². The molecule has 0 radical (unpaired) electrons. The van der Waals surface area contributed by atoms with Gasteiger partial charge >= 0.3 is 16.1 Å². The smallest absolute Gasteiger partial charge is 0.335 e. The molecule has 0 amide bonds. The molecular weight excluding hydrogens is 359 g/mol. The van der Waals surface area contributed by atoms with Gasteiger partial charge in [0.2, 0.25) is 0 Å². The van der Waals surface area contributed by atoms with E-state index >= 15 is 0 Å². The van der Waals surface area contributed by atoms with Crippen molar-refractivity contribution < 1.29 is 20.8 Å². The zero-order valence-electron chi connectivity index (χ0n) is 8.38. The second kappa shape index (κ2) is 4.39. The minimum atomic E-state index is -3.81. The molecule has 1 N–H and O–H groups in total. The Balaban J connectivity index is 2.62. The molecule has 0 unspecified atom stereocenters. The molecular formula is C10H7IO5S. The van der Waals surface area contributed by atoms with Crippen LogP contribution in [0.4, 0.5) is 0 Å². The molecule has 1 aliphatic carbocycles. The van der Waals surface area contributed by atoms with E-state index in [1.54, 1.807) is 6.07 Å². The summed E-state index contributed by atoms with van der Waals surface area (Å²) in [6.07, 6.45) is 1.78. The maximum absolute atomic E-state index is 11.6. The quantitative estimate of drug-likeness (QED) is 0.825. The van der Waals surface area contributed by atoms with Gasteiger partial charge in [-0.2, -0.15) is 10.9 Å². The van der Waals surface area contributed by atoms with Crippen LogP contribution in [0.1, 0.15) is 11.1 Å². The molecule has 0 aliphatic heterocycles. The number of halogens is 1. The van der Waals surface area contributed by atoms with Crippen LogP contribution in [-0.4, -0.2) is 19.5 Å². The highest BCUT2D eigenvalue weighted by Crippen LogP contribution is 2.33. The van der Waals surface area contributed by atoms with Crippen LogP contribution in [0.3, 0.4) is 0 Å². The molecule has 5 nitrogen and oxygen atoms in total. The van der Waals surface area contributed by atoms with E-state index in [0.29, 0.717) is 11.1 Å². The van der Waals surface area contributed by atoms with Crippen LogP contribution in [0.25, 0.3) is 5.57 Å². The van der Waals surface area contributed by atoms with Crippen LogP contribution in [0, 0.1) is 0 Å². The van der Waals surface area contributed by atoms with Gasteiger partial charge < -0.3 is 5.11 Å². The van der Waals surface area contributed by atoms with Gasteiger partial charge in [-0.3, -0.25) is 0 Å². The van der Waals surface area contributed by atoms with Gasteiger partial charge in [-0.05, 0) is 23.6 Å². The van der Waals surface area contributed by atoms with Crippen molar-refractivity contribution in [2.45, 2.75) is 11.3 Å². The van der Waals surface area contributed by atoms with E-state index in [2.05, 4.69) is 2.51 Å². The molecule has 0 atom stereocenters. The van der Waals surface area contributed by atoms with Crippen LogP contribution >= 0.6 is 23.0 Å². The molecule has 7 heteroatoms. The molecule has 17 heavy (non-hydrogen) atoms. The third-order valence-electron chi connectivity index (χ3n) is 2.52. The molecule has 2 rings (SSSR count). The summed E-state index contributed by atoms with van der Waals surface area (Å²) < 4.78 is 27.7. The average molecular weight is 366 g/mol. The second-order valence-corrected chi connectivity index (χ2v) is 5.98. The predicted molar refractivity (Wildman–Crippen MR) is 68.0 cm³/mol. The van der Waals surface area contributed by atoms with Gasteiger partial charge in [0.25, 0.3) is 0 Å². The zero-order chi connectivity index (χ0) is 12.6. The normalized spacial score (nSPS) is 14.3. The molecule has 0 heterocycles. The van der Waals surface area contributed by atoms with Gasteiger partial charge in [-0.1, -0.05) is 18.2 Å². The largest absolute Gasteiger partial charge is 0.478 e. The fourth-order valence-corrected chi connectivity index (χ4v) is 3.20. The molecule has 1 aromatic carbocycles. The lowest BCUT2D eigenvalue weighted by atomic mass is 10.1. The number of carbonyl (C=O) groups is 1. The van der Waals surface area contributed by atoms with Gasteiger partial charge in [-0.25, -0.2) is 4.79 Å². The first-order valence-electron chi connectivity index (χ1n) is 4.58. The van der Waals surface area contributed by atoms with Crippen LogP contribution in [-0.2, 0) is 23.8 Å². The Hall–Kier alpha value is -0.930. The number of aliphatic carboxylic acids is 1. The Bertz CT molecular complexity index is 618. The fraction of sp³-hybridized carbons (Fsp3) is 0.100. The van der Waals surface area contributed by atoms with E-state index in [9.17, 15) is 13.2 Å². The summed E-state index contributed by atoms with van der Waals surface area (Å²) in [6.45, 7) is 0. The van der Waals surface area contributed by atoms with E-state index < -0.39 is 16.1 Å². The summed E-state index contributed by atoms with van der Waals surface area (Å²) in [7, 11) is -3.81. The van der Waals surface area contributed by atoms with E-state index in [4.69, 9.17) is 5.11 Å². The lowest BCUT2D eigenvalue weighted by molar-refractivity contribution is -0.130. The zero-order valence-corrected chi connectivity index (χ0v) is 11.4. The summed E-state index contributed by atoms with van der Waals surface area (Å²) in [6, 6.07) is 4.50. The fourth-order valence-electron chi connectivity index (χ4n) is 1.81. The highest BCUT2D eigenvalue weighted by molar-refractivity contribution is 14.1. The highest BCUT2D eigenvalue weighted by atomic mass is 127. The first-order valence-corrected chi connectivity index (χ1v) is 6.87. The van der Waals surface area contributed by atoms with Crippen LogP contribution < -0.4 is 0 Å². The van der Waals surface area contributed by atoms with Crippen molar-refractivity contribution in [3.05, 3.63) is 35.4 Å². The van der Waals surface area contributed by atoms with Gasteiger partial charge in [-0.15, -0.1) is 0 Å². The van der Waals surface area contributed by atoms with Gasteiger partial charge in [0.05, 0.1) is 10.5 Å². The van der Waals surface area contributed by atoms with Crippen molar-refractivity contribution >= 4 is 44.7 Å². The number of carboxylic acid groups (broad SMARTS) is 1. The van der Waals surface area contributed by atoms with Crippen molar-refractivity contribution in [1.29, 1.82) is 0 Å². The molecule has 0 fully saturated rings. The number of carboxylic acids is 1. The first-order chi connectivity index (χ1) is 7.97. The molecule has 0 aromatic heterocycles. The summed E-state index contributed by atoms with van der Waals surface area (Å²) in [5, 5.41) is 8.96. The van der Waals surface area contributed by atoms with Gasteiger partial charge in [0.15, 0.2) is 0 Å². The number of fused-ring (bicyclic) bond motifs is 1. The minimum Gasteiger partial charge on any atom is -0.478 e. The summed E-state index contributed by atoms with van der Waals surface area (Å²) in [4.78, 5) is 11.0. The minimum absolute atomic E-state index is 0.0249.